The summed E-state index contributed by atoms with van der Waals surface area (Å²) >= 11 is 0. The van der Waals surface area contributed by atoms with Gasteiger partial charge in [0.15, 0.2) is 5.82 Å². The number of morpholine rings is 2. The maximum absolute atomic E-state index is 12.4. The van der Waals surface area contributed by atoms with Gasteiger partial charge in [0.05, 0.1) is 26.4 Å². The molecule has 2 aliphatic heterocycles. The number of carbonyl (C=O) groups excluding carboxylic acids is 1. The van der Waals surface area contributed by atoms with Gasteiger partial charge in [0, 0.05) is 33.1 Å². The standard InChI is InChI=1S/C13H20N4O4/c1-10-14-12(15-21-10)9-16-2-7-20-11(8-16)13(18)17-3-5-19-6-4-17/h11H,2-9H2,1H3. The molecule has 0 aromatic carbocycles. The molecular formula is C13H20N4O4. The van der Waals surface area contributed by atoms with Crippen LogP contribution in [0.4, 0.5) is 0 Å². The lowest BCUT2D eigenvalue weighted by molar-refractivity contribution is -0.153. The van der Waals surface area contributed by atoms with Gasteiger partial charge in [0.25, 0.3) is 5.91 Å². The highest BCUT2D eigenvalue weighted by atomic mass is 16.5. The van der Waals surface area contributed by atoms with Crippen molar-refractivity contribution in [1.29, 1.82) is 0 Å². The third kappa shape index (κ3) is 3.58. The van der Waals surface area contributed by atoms with Gasteiger partial charge < -0.3 is 18.9 Å². The summed E-state index contributed by atoms with van der Waals surface area (Å²) in [4.78, 5) is 20.6. The van der Waals surface area contributed by atoms with E-state index < -0.39 is 6.10 Å². The number of hydrogen-bond donors (Lipinski definition) is 0. The van der Waals surface area contributed by atoms with Gasteiger partial charge in [-0.25, -0.2) is 0 Å². The molecule has 8 heteroatoms. The normalized spacial score (nSPS) is 24.2. The Morgan fingerprint density at radius 3 is 2.81 bits per heavy atom. The molecule has 1 aromatic heterocycles. The quantitative estimate of drug-likeness (QED) is 0.739. The molecule has 2 fully saturated rings. The predicted molar refractivity (Wildman–Crippen MR) is 71.5 cm³/mol. The number of nitrogens with zero attached hydrogens (tertiary/aromatic N) is 4. The van der Waals surface area contributed by atoms with Crippen molar-refractivity contribution in [2.45, 2.75) is 19.6 Å². The van der Waals surface area contributed by atoms with Crippen molar-refractivity contribution < 1.29 is 18.8 Å². The van der Waals surface area contributed by atoms with E-state index in [0.29, 0.717) is 57.7 Å². The summed E-state index contributed by atoms with van der Waals surface area (Å²) in [5.74, 6) is 1.25. The Morgan fingerprint density at radius 2 is 2.10 bits per heavy atom. The first kappa shape index (κ1) is 14.4. The molecule has 1 unspecified atom stereocenters. The summed E-state index contributed by atoms with van der Waals surface area (Å²) < 4.78 is 15.9. The van der Waals surface area contributed by atoms with E-state index in [1.807, 2.05) is 4.90 Å². The molecule has 0 spiro atoms. The molecule has 0 bridgehead atoms. The summed E-state index contributed by atoms with van der Waals surface area (Å²) in [6.07, 6.45) is -0.412. The van der Waals surface area contributed by atoms with Gasteiger partial charge in [-0.05, 0) is 0 Å². The van der Waals surface area contributed by atoms with E-state index >= 15 is 0 Å². The second-order valence-corrected chi connectivity index (χ2v) is 5.26. The number of amides is 1. The lowest BCUT2D eigenvalue weighted by Crippen LogP contribution is -2.53. The fourth-order valence-electron chi connectivity index (χ4n) is 2.59. The van der Waals surface area contributed by atoms with Gasteiger partial charge in [-0.15, -0.1) is 0 Å². The van der Waals surface area contributed by atoms with E-state index in [1.165, 1.54) is 0 Å². The number of aromatic nitrogens is 2. The monoisotopic (exact) mass is 296 g/mol. The molecule has 3 heterocycles. The molecule has 0 radical (unpaired) electrons. The van der Waals surface area contributed by atoms with Gasteiger partial charge >= 0.3 is 0 Å². The van der Waals surface area contributed by atoms with Crippen LogP contribution in [0.15, 0.2) is 4.52 Å². The summed E-state index contributed by atoms with van der Waals surface area (Å²) in [6, 6.07) is 0. The Balaban J connectivity index is 1.56. The average Bonchev–Trinajstić information content (AvgIpc) is 2.93. The molecule has 0 aliphatic carbocycles. The lowest BCUT2D eigenvalue weighted by Gasteiger charge is -2.35. The second kappa shape index (κ2) is 6.50. The minimum absolute atomic E-state index is 0.0484. The molecule has 116 valence electrons. The lowest BCUT2D eigenvalue weighted by atomic mass is 10.2. The number of hydrogen-bond acceptors (Lipinski definition) is 7. The molecule has 3 rings (SSSR count). The summed E-state index contributed by atoms with van der Waals surface area (Å²) in [7, 11) is 0. The molecule has 21 heavy (non-hydrogen) atoms. The first-order chi connectivity index (χ1) is 10.2. The van der Waals surface area contributed by atoms with E-state index in [0.717, 1.165) is 6.54 Å². The van der Waals surface area contributed by atoms with Crippen LogP contribution in [-0.2, 0) is 20.8 Å². The van der Waals surface area contributed by atoms with Gasteiger partial charge in [-0.3, -0.25) is 9.69 Å². The van der Waals surface area contributed by atoms with Crippen molar-refractivity contribution in [1.82, 2.24) is 19.9 Å². The molecule has 2 aliphatic rings. The van der Waals surface area contributed by atoms with Crippen molar-refractivity contribution in [2.24, 2.45) is 0 Å². The van der Waals surface area contributed by atoms with Crippen LogP contribution >= 0.6 is 0 Å². The van der Waals surface area contributed by atoms with Crippen molar-refractivity contribution in [3.63, 3.8) is 0 Å². The van der Waals surface area contributed by atoms with E-state index in [2.05, 4.69) is 15.0 Å². The Labute approximate surface area is 123 Å². The third-order valence-electron chi connectivity index (χ3n) is 3.68. The van der Waals surface area contributed by atoms with Crippen LogP contribution < -0.4 is 0 Å². The number of ether oxygens (including phenoxy) is 2. The summed E-state index contributed by atoms with van der Waals surface area (Å²) in [5, 5.41) is 3.89. The Kier molecular flexibility index (Phi) is 4.47. The highest BCUT2D eigenvalue weighted by Gasteiger charge is 2.31. The fraction of sp³-hybridized carbons (Fsp3) is 0.769. The average molecular weight is 296 g/mol. The third-order valence-corrected chi connectivity index (χ3v) is 3.68. The molecular weight excluding hydrogens is 276 g/mol. The topological polar surface area (TPSA) is 80.9 Å². The van der Waals surface area contributed by atoms with Gasteiger partial charge in [-0.1, -0.05) is 5.16 Å². The zero-order valence-electron chi connectivity index (χ0n) is 12.2. The largest absolute Gasteiger partial charge is 0.378 e. The van der Waals surface area contributed by atoms with Crippen LogP contribution in [0.5, 0.6) is 0 Å². The fourth-order valence-corrected chi connectivity index (χ4v) is 2.59. The highest BCUT2D eigenvalue weighted by molar-refractivity contribution is 5.81. The van der Waals surface area contributed by atoms with Crippen LogP contribution in [0, 0.1) is 6.92 Å². The maximum Gasteiger partial charge on any atom is 0.253 e. The predicted octanol–water partition coefficient (Wildman–Crippen LogP) is -0.562. The molecule has 1 atom stereocenters. The van der Waals surface area contributed by atoms with Crippen LogP contribution in [0.2, 0.25) is 0 Å². The number of aryl methyl sites for hydroxylation is 1. The molecule has 1 amide bonds. The molecule has 0 N–H and O–H groups in total. The zero-order valence-corrected chi connectivity index (χ0v) is 12.2. The minimum atomic E-state index is -0.412. The smallest absolute Gasteiger partial charge is 0.253 e. The molecule has 0 saturated carbocycles. The van der Waals surface area contributed by atoms with Crippen molar-refractivity contribution in [3.8, 4) is 0 Å². The van der Waals surface area contributed by atoms with E-state index in [-0.39, 0.29) is 5.91 Å². The zero-order chi connectivity index (χ0) is 14.7. The molecule has 1 aromatic rings. The highest BCUT2D eigenvalue weighted by Crippen LogP contribution is 2.12. The van der Waals surface area contributed by atoms with Crippen LogP contribution in [0.3, 0.4) is 0 Å². The van der Waals surface area contributed by atoms with Crippen molar-refractivity contribution in [3.05, 3.63) is 11.7 Å². The first-order valence-electron chi connectivity index (χ1n) is 7.22. The van der Waals surface area contributed by atoms with Crippen LogP contribution in [-0.4, -0.2) is 78.0 Å². The molecule has 8 nitrogen and oxygen atoms in total. The SMILES string of the molecule is Cc1nc(CN2CCOC(C(=O)N3CCOCC3)C2)no1. The summed E-state index contributed by atoms with van der Waals surface area (Å²) in [6.45, 7) is 6.69. The van der Waals surface area contributed by atoms with E-state index in [1.54, 1.807) is 6.92 Å². The number of carbonyl (C=O) groups is 1. The van der Waals surface area contributed by atoms with Gasteiger partial charge in [0.2, 0.25) is 5.89 Å². The molecule has 2 saturated heterocycles. The van der Waals surface area contributed by atoms with Crippen molar-refractivity contribution >= 4 is 5.91 Å². The first-order valence-corrected chi connectivity index (χ1v) is 7.22. The van der Waals surface area contributed by atoms with Gasteiger partial charge in [-0.2, -0.15) is 4.98 Å². The van der Waals surface area contributed by atoms with Crippen LogP contribution in [0.25, 0.3) is 0 Å². The van der Waals surface area contributed by atoms with E-state index in [4.69, 9.17) is 14.0 Å². The Morgan fingerprint density at radius 1 is 1.29 bits per heavy atom. The minimum Gasteiger partial charge on any atom is -0.378 e. The maximum atomic E-state index is 12.4. The van der Waals surface area contributed by atoms with Crippen molar-refractivity contribution in [2.75, 3.05) is 46.0 Å². The number of rotatable bonds is 3. The second-order valence-electron chi connectivity index (χ2n) is 5.26. The van der Waals surface area contributed by atoms with Gasteiger partial charge in [0.1, 0.15) is 6.10 Å². The van der Waals surface area contributed by atoms with Crippen LogP contribution in [0.1, 0.15) is 11.7 Å². The Hall–Kier alpha value is -1.51. The van der Waals surface area contributed by atoms with E-state index in [9.17, 15) is 4.79 Å². The summed E-state index contributed by atoms with van der Waals surface area (Å²) in [5.41, 5.74) is 0. The Bertz CT molecular complexity index is 486.